The Kier molecular flexibility index (Phi) is 7.43. The van der Waals surface area contributed by atoms with Crippen molar-refractivity contribution >= 4 is 28.2 Å². The number of aliphatic carboxylic acids is 1. The molecule has 0 radical (unpaired) electrons. The van der Waals surface area contributed by atoms with Crippen LogP contribution in [0.25, 0.3) is 0 Å². The molecule has 0 fully saturated rings. The number of carboxylic acids is 1. The molecule has 1 atom stereocenters. The van der Waals surface area contributed by atoms with Crippen LogP contribution in [0.3, 0.4) is 0 Å². The highest BCUT2D eigenvalue weighted by Crippen LogP contribution is 2.21. The van der Waals surface area contributed by atoms with E-state index in [1.807, 2.05) is 13.0 Å². The lowest BCUT2D eigenvalue weighted by molar-refractivity contribution is -0.137. The summed E-state index contributed by atoms with van der Waals surface area (Å²) in [7, 11) is 0. The first-order chi connectivity index (χ1) is 10.0. The Labute approximate surface area is 127 Å². The maximum absolute atomic E-state index is 11.7. The summed E-state index contributed by atoms with van der Waals surface area (Å²) in [5.74, 6) is -0.662. The van der Waals surface area contributed by atoms with Crippen LogP contribution in [0.5, 0.6) is 0 Å². The second kappa shape index (κ2) is 9.10. The van der Waals surface area contributed by atoms with E-state index < -0.39 is 5.97 Å². The van der Waals surface area contributed by atoms with Gasteiger partial charge in [-0.15, -0.1) is 11.3 Å². The molecule has 0 saturated carbocycles. The van der Waals surface area contributed by atoms with Crippen LogP contribution in [0.2, 0.25) is 0 Å². The molecule has 0 aliphatic carbocycles. The zero-order chi connectivity index (χ0) is 15.7. The van der Waals surface area contributed by atoms with Gasteiger partial charge in [0.25, 0.3) is 0 Å². The number of rotatable bonds is 9. The summed E-state index contributed by atoms with van der Waals surface area (Å²) in [4.78, 5) is 22.1. The number of carboxylic acid groups (broad SMARTS) is 1. The third-order valence-electron chi connectivity index (χ3n) is 2.99. The van der Waals surface area contributed by atoms with Crippen LogP contribution >= 0.6 is 11.3 Å². The van der Waals surface area contributed by atoms with Crippen LogP contribution < -0.4 is 10.6 Å². The topological polar surface area (TPSA) is 102 Å². The van der Waals surface area contributed by atoms with Crippen molar-refractivity contribution in [1.82, 2.24) is 5.32 Å². The monoisotopic (exact) mass is 309 g/mol. The first kappa shape index (κ1) is 17.1. The van der Waals surface area contributed by atoms with Gasteiger partial charge >= 0.3 is 5.97 Å². The molecule has 1 heterocycles. The van der Waals surface area contributed by atoms with Gasteiger partial charge in [-0.3, -0.25) is 9.59 Å². The van der Waals surface area contributed by atoms with Gasteiger partial charge in [-0.2, -0.15) is 5.26 Å². The standard InChI is InChI=1S/C14H19N3O3S/c1-10(2-3-13(19)20)4-6-16-9-12(18)17-14-11(8-15)5-7-21-14/h5,7,10,16H,2-4,6,9H2,1H3,(H,17,18)(H,19,20). The Morgan fingerprint density at radius 3 is 2.90 bits per heavy atom. The van der Waals surface area contributed by atoms with Gasteiger partial charge in [0, 0.05) is 6.42 Å². The third-order valence-corrected chi connectivity index (χ3v) is 3.82. The second-order valence-corrected chi connectivity index (χ2v) is 5.74. The summed E-state index contributed by atoms with van der Waals surface area (Å²) in [6.45, 7) is 2.83. The number of anilines is 1. The highest BCUT2D eigenvalue weighted by molar-refractivity contribution is 7.14. The number of thiophene rings is 1. The minimum absolute atomic E-state index is 0.175. The Bertz CT molecular complexity index is 522. The molecule has 1 rings (SSSR count). The third kappa shape index (κ3) is 6.88. The molecule has 0 aliphatic rings. The van der Waals surface area contributed by atoms with Crippen molar-refractivity contribution in [3.8, 4) is 6.07 Å². The highest BCUT2D eigenvalue weighted by Gasteiger charge is 2.08. The van der Waals surface area contributed by atoms with Crippen LogP contribution in [0.4, 0.5) is 5.00 Å². The molecule has 0 spiro atoms. The van der Waals surface area contributed by atoms with Crippen molar-refractivity contribution in [2.24, 2.45) is 5.92 Å². The van der Waals surface area contributed by atoms with Gasteiger partial charge < -0.3 is 15.7 Å². The lowest BCUT2D eigenvalue weighted by atomic mass is 10.0. The fourth-order valence-corrected chi connectivity index (χ4v) is 2.48. The van der Waals surface area contributed by atoms with Crippen molar-refractivity contribution in [3.63, 3.8) is 0 Å². The molecule has 0 aromatic carbocycles. The molecule has 6 nitrogen and oxygen atoms in total. The average molecular weight is 309 g/mol. The Morgan fingerprint density at radius 1 is 1.48 bits per heavy atom. The van der Waals surface area contributed by atoms with Crippen LogP contribution in [0.15, 0.2) is 11.4 Å². The molecule has 1 aromatic rings. The van der Waals surface area contributed by atoms with E-state index in [0.717, 1.165) is 6.42 Å². The molecule has 1 aromatic heterocycles. The van der Waals surface area contributed by atoms with E-state index in [-0.39, 0.29) is 18.9 Å². The maximum Gasteiger partial charge on any atom is 0.303 e. The molecule has 3 N–H and O–H groups in total. The number of nitriles is 1. The predicted molar refractivity (Wildman–Crippen MR) is 81.2 cm³/mol. The maximum atomic E-state index is 11.7. The summed E-state index contributed by atoms with van der Waals surface area (Å²) < 4.78 is 0. The molecule has 1 unspecified atom stereocenters. The Morgan fingerprint density at radius 2 is 2.24 bits per heavy atom. The number of carbonyl (C=O) groups is 2. The molecule has 1 amide bonds. The number of hydrogen-bond acceptors (Lipinski definition) is 5. The summed E-state index contributed by atoms with van der Waals surface area (Å²) in [6, 6.07) is 3.68. The Balaban J connectivity index is 2.17. The summed E-state index contributed by atoms with van der Waals surface area (Å²) in [5.41, 5.74) is 0.468. The molecule has 21 heavy (non-hydrogen) atoms. The van der Waals surface area contributed by atoms with E-state index >= 15 is 0 Å². The van der Waals surface area contributed by atoms with Crippen molar-refractivity contribution in [1.29, 1.82) is 5.26 Å². The van der Waals surface area contributed by atoms with Crippen LogP contribution in [0.1, 0.15) is 31.7 Å². The van der Waals surface area contributed by atoms with Crippen molar-refractivity contribution in [2.45, 2.75) is 26.2 Å². The molecule has 0 bridgehead atoms. The van der Waals surface area contributed by atoms with Gasteiger partial charge in [0.05, 0.1) is 12.1 Å². The molecular formula is C14H19N3O3S. The van der Waals surface area contributed by atoms with E-state index in [4.69, 9.17) is 10.4 Å². The highest BCUT2D eigenvalue weighted by atomic mass is 32.1. The van der Waals surface area contributed by atoms with E-state index in [1.54, 1.807) is 11.4 Å². The van der Waals surface area contributed by atoms with Crippen molar-refractivity contribution < 1.29 is 14.7 Å². The zero-order valence-corrected chi connectivity index (χ0v) is 12.7. The first-order valence-corrected chi connectivity index (χ1v) is 7.61. The van der Waals surface area contributed by atoms with Crippen LogP contribution in [-0.2, 0) is 9.59 Å². The van der Waals surface area contributed by atoms with E-state index in [1.165, 1.54) is 11.3 Å². The quantitative estimate of drug-likeness (QED) is 0.606. The van der Waals surface area contributed by atoms with Gasteiger partial charge in [0.15, 0.2) is 0 Å². The lowest BCUT2D eigenvalue weighted by Gasteiger charge is -2.10. The average Bonchev–Trinajstić information content (AvgIpc) is 2.88. The molecule has 0 saturated heterocycles. The Hall–Kier alpha value is -1.91. The lowest BCUT2D eigenvalue weighted by Crippen LogP contribution is -2.29. The number of nitrogens with one attached hydrogen (secondary N) is 2. The zero-order valence-electron chi connectivity index (χ0n) is 11.9. The largest absolute Gasteiger partial charge is 0.481 e. The summed E-state index contributed by atoms with van der Waals surface area (Å²) in [5, 5.41) is 25.4. The number of hydrogen-bond donors (Lipinski definition) is 3. The fraction of sp³-hybridized carbons (Fsp3) is 0.500. The second-order valence-electron chi connectivity index (χ2n) is 4.83. The van der Waals surface area contributed by atoms with Crippen LogP contribution in [0, 0.1) is 17.2 Å². The smallest absolute Gasteiger partial charge is 0.303 e. The van der Waals surface area contributed by atoms with Gasteiger partial charge in [0.1, 0.15) is 11.1 Å². The summed E-state index contributed by atoms with van der Waals surface area (Å²) in [6.07, 6.45) is 1.64. The SMILES string of the molecule is CC(CCNCC(=O)Nc1sccc1C#N)CCC(=O)O. The predicted octanol–water partition coefficient (Wildman–Crippen LogP) is 2.04. The van der Waals surface area contributed by atoms with Gasteiger partial charge in [-0.25, -0.2) is 0 Å². The molecule has 0 aliphatic heterocycles. The van der Waals surface area contributed by atoms with Crippen LogP contribution in [-0.4, -0.2) is 30.1 Å². The normalized spacial score (nSPS) is 11.6. The van der Waals surface area contributed by atoms with Gasteiger partial charge in [0.2, 0.25) is 5.91 Å². The van der Waals surface area contributed by atoms with Crippen molar-refractivity contribution in [2.75, 3.05) is 18.4 Å². The van der Waals surface area contributed by atoms with Gasteiger partial charge in [-0.05, 0) is 36.8 Å². The molecule has 7 heteroatoms. The van der Waals surface area contributed by atoms with Gasteiger partial charge in [-0.1, -0.05) is 6.92 Å². The summed E-state index contributed by atoms with van der Waals surface area (Å²) >= 11 is 1.32. The van der Waals surface area contributed by atoms with Crippen molar-refractivity contribution in [3.05, 3.63) is 17.0 Å². The van der Waals surface area contributed by atoms with E-state index in [9.17, 15) is 9.59 Å². The minimum atomic E-state index is -0.779. The molecular weight excluding hydrogens is 290 g/mol. The van der Waals surface area contributed by atoms with E-state index in [0.29, 0.717) is 29.4 Å². The number of carbonyl (C=O) groups excluding carboxylic acids is 1. The first-order valence-electron chi connectivity index (χ1n) is 6.73. The number of amides is 1. The fourth-order valence-electron chi connectivity index (χ4n) is 1.73. The molecule has 114 valence electrons. The van der Waals surface area contributed by atoms with E-state index in [2.05, 4.69) is 10.6 Å². The minimum Gasteiger partial charge on any atom is -0.481 e. The number of nitrogens with zero attached hydrogens (tertiary/aromatic N) is 1.